The number of carbonyl (C=O) groups is 2. The molecule has 2 rings (SSSR count). The highest BCUT2D eigenvalue weighted by atomic mass is 16.4. The van der Waals surface area contributed by atoms with Crippen LogP contribution in [0.4, 0.5) is 5.69 Å². The zero-order chi connectivity index (χ0) is 15.4. The summed E-state index contributed by atoms with van der Waals surface area (Å²) in [5, 5.41) is 11.6. The molecule has 1 amide bonds. The van der Waals surface area contributed by atoms with Gasteiger partial charge in [-0.15, -0.1) is 0 Å². The molecule has 0 saturated heterocycles. The molecule has 0 aliphatic rings. The van der Waals surface area contributed by atoms with Gasteiger partial charge in [0.05, 0.1) is 5.69 Å². The quantitative estimate of drug-likeness (QED) is 0.755. The average molecular weight is 284 g/mol. The van der Waals surface area contributed by atoms with Crippen molar-refractivity contribution in [1.82, 2.24) is 4.98 Å². The van der Waals surface area contributed by atoms with Crippen LogP contribution in [0.15, 0.2) is 36.4 Å². The smallest absolute Gasteiger partial charge is 0.354 e. The molecule has 0 aliphatic carbocycles. The number of aryl methyl sites for hydroxylation is 2. The summed E-state index contributed by atoms with van der Waals surface area (Å²) >= 11 is 0. The van der Waals surface area contributed by atoms with Crippen LogP contribution in [0, 0.1) is 13.8 Å². The molecule has 21 heavy (non-hydrogen) atoms. The van der Waals surface area contributed by atoms with Crippen LogP contribution in [0.5, 0.6) is 0 Å². The van der Waals surface area contributed by atoms with E-state index < -0.39 is 5.97 Å². The number of carboxylic acid groups (broad SMARTS) is 1. The molecular weight excluding hydrogens is 268 g/mol. The van der Waals surface area contributed by atoms with Gasteiger partial charge in [-0.2, -0.15) is 0 Å². The summed E-state index contributed by atoms with van der Waals surface area (Å²) in [5.74, 6) is -1.49. The molecule has 1 aromatic carbocycles. The Bertz CT molecular complexity index is 714. The van der Waals surface area contributed by atoms with Gasteiger partial charge in [-0.25, -0.2) is 4.79 Å². The Balaban J connectivity index is 2.12. The van der Waals surface area contributed by atoms with Crippen molar-refractivity contribution in [1.29, 1.82) is 0 Å². The number of aromatic nitrogens is 1. The van der Waals surface area contributed by atoms with E-state index in [2.05, 4.69) is 10.3 Å². The van der Waals surface area contributed by atoms with Gasteiger partial charge in [0.2, 0.25) is 5.91 Å². The van der Waals surface area contributed by atoms with Crippen molar-refractivity contribution in [2.45, 2.75) is 13.8 Å². The number of benzene rings is 1. The predicted molar refractivity (Wildman–Crippen MR) is 81.3 cm³/mol. The molecule has 0 aliphatic heterocycles. The summed E-state index contributed by atoms with van der Waals surface area (Å²) in [6.45, 7) is 3.68. The molecule has 5 heteroatoms. The van der Waals surface area contributed by atoms with E-state index in [9.17, 15) is 9.59 Å². The Morgan fingerprint density at radius 1 is 1.24 bits per heavy atom. The number of H-pyrrole nitrogens is 1. The number of rotatable bonds is 4. The van der Waals surface area contributed by atoms with Crippen LogP contribution in [0.1, 0.15) is 27.3 Å². The minimum atomic E-state index is -1.11. The van der Waals surface area contributed by atoms with Crippen molar-refractivity contribution in [3.8, 4) is 0 Å². The standard InChI is InChI=1S/C16H16N2O3/c1-10-5-3-4-6-12(10)7-8-14(19)18-13-9-11(2)17-15(13)16(20)21/h3-9,17H,1-2H3,(H,18,19)(H,20,21)/b8-7+. The SMILES string of the molecule is Cc1cc(NC(=O)/C=C/c2ccccc2C)c(C(=O)O)[nH]1. The first-order valence-electron chi connectivity index (χ1n) is 6.45. The van der Waals surface area contributed by atoms with Crippen molar-refractivity contribution in [2.24, 2.45) is 0 Å². The van der Waals surface area contributed by atoms with Gasteiger partial charge in [0, 0.05) is 11.8 Å². The van der Waals surface area contributed by atoms with Crippen molar-refractivity contribution in [3.05, 3.63) is 58.9 Å². The fourth-order valence-corrected chi connectivity index (χ4v) is 1.97. The Kier molecular flexibility index (Phi) is 4.23. The molecular formula is C16H16N2O3. The van der Waals surface area contributed by atoms with Crippen LogP contribution >= 0.6 is 0 Å². The van der Waals surface area contributed by atoms with Crippen molar-refractivity contribution in [2.75, 3.05) is 5.32 Å². The third-order valence-electron chi connectivity index (χ3n) is 3.03. The number of hydrogen-bond acceptors (Lipinski definition) is 2. The molecule has 108 valence electrons. The maximum Gasteiger partial charge on any atom is 0.354 e. The van der Waals surface area contributed by atoms with Gasteiger partial charge >= 0.3 is 5.97 Å². The van der Waals surface area contributed by atoms with E-state index in [1.807, 2.05) is 31.2 Å². The van der Waals surface area contributed by atoms with Gasteiger partial charge < -0.3 is 15.4 Å². The fourth-order valence-electron chi connectivity index (χ4n) is 1.97. The summed E-state index contributed by atoms with van der Waals surface area (Å²) in [6.07, 6.45) is 3.08. The summed E-state index contributed by atoms with van der Waals surface area (Å²) < 4.78 is 0. The third kappa shape index (κ3) is 3.60. The predicted octanol–water partition coefficient (Wildman–Crippen LogP) is 2.98. The van der Waals surface area contributed by atoms with E-state index >= 15 is 0 Å². The lowest BCUT2D eigenvalue weighted by atomic mass is 10.1. The fraction of sp³-hybridized carbons (Fsp3) is 0.125. The number of carbonyl (C=O) groups excluding carboxylic acids is 1. The maximum atomic E-state index is 11.9. The van der Waals surface area contributed by atoms with E-state index in [1.54, 1.807) is 19.1 Å². The molecule has 5 nitrogen and oxygen atoms in total. The van der Waals surface area contributed by atoms with Crippen LogP contribution in [-0.2, 0) is 4.79 Å². The van der Waals surface area contributed by atoms with E-state index in [-0.39, 0.29) is 17.3 Å². The number of nitrogens with one attached hydrogen (secondary N) is 2. The van der Waals surface area contributed by atoms with Crippen molar-refractivity contribution in [3.63, 3.8) is 0 Å². The Morgan fingerprint density at radius 3 is 2.62 bits per heavy atom. The molecule has 0 fully saturated rings. The highest BCUT2D eigenvalue weighted by Crippen LogP contribution is 2.17. The molecule has 0 spiro atoms. The Morgan fingerprint density at radius 2 is 1.95 bits per heavy atom. The van der Waals surface area contributed by atoms with Gasteiger partial charge in [0.1, 0.15) is 5.69 Å². The Hall–Kier alpha value is -2.82. The van der Waals surface area contributed by atoms with Crippen LogP contribution in [-0.4, -0.2) is 22.0 Å². The molecule has 0 atom stereocenters. The highest BCUT2D eigenvalue weighted by Gasteiger charge is 2.14. The summed E-state index contributed by atoms with van der Waals surface area (Å²) in [4.78, 5) is 25.6. The van der Waals surface area contributed by atoms with Gasteiger partial charge in [0.15, 0.2) is 0 Å². The zero-order valence-electron chi connectivity index (χ0n) is 11.8. The highest BCUT2D eigenvalue weighted by molar-refractivity contribution is 6.05. The lowest BCUT2D eigenvalue weighted by Crippen LogP contribution is -2.11. The van der Waals surface area contributed by atoms with Gasteiger partial charge in [-0.3, -0.25) is 4.79 Å². The van der Waals surface area contributed by atoms with E-state index in [0.717, 1.165) is 11.1 Å². The lowest BCUT2D eigenvalue weighted by molar-refractivity contribution is -0.111. The van der Waals surface area contributed by atoms with Gasteiger partial charge in [-0.1, -0.05) is 24.3 Å². The van der Waals surface area contributed by atoms with Gasteiger partial charge in [-0.05, 0) is 37.1 Å². The molecule has 3 N–H and O–H groups in total. The van der Waals surface area contributed by atoms with E-state index in [0.29, 0.717) is 5.69 Å². The number of hydrogen-bond donors (Lipinski definition) is 3. The summed E-state index contributed by atoms with van der Waals surface area (Å²) in [7, 11) is 0. The number of anilines is 1. The molecule has 2 aromatic rings. The minimum Gasteiger partial charge on any atom is -0.477 e. The van der Waals surface area contributed by atoms with Crippen LogP contribution in [0.25, 0.3) is 6.08 Å². The molecule has 0 saturated carbocycles. The third-order valence-corrected chi connectivity index (χ3v) is 3.03. The molecule has 0 radical (unpaired) electrons. The number of carboxylic acids is 1. The largest absolute Gasteiger partial charge is 0.477 e. The number of amides is 1. The molecule has 0 unspecified atom stereocenters. The van der Waals surface area contributed by atoms with Crippen molar-refractivity contribution < 1.29 is 14.7 Å². The topological polar surface area (TPSA) is 82.2 Å². The van der Waals surface area contributed by atoms with Crippen LogP contribution in [0.2, 0.25) is 0 Å². The van der Waals surface area contributed by atoms with Crippen molar-refractivity contribution >= 4 is 23.6 Å². The first-order chi connectivity index (χ1) is 9.97. The second kappa shape index (κ2) is 6.09. The zero-order valence-corrected chi connectivity index (χ0v) is 11.8. The first-order valence-corrected chi connectivity index (χ1v) is 6.45. The monoisotopic (exact) mass is 284 g/mol. The van der Waals surface area contributed by atoms with E-state index in [4.69, 9.17) is 5.11 Å². The van der Waals surface area contributed by atoms with Crippen LogP contribution in [0.3, 0.4) is 0 Å². The lowest BCUT2D eigenvalue weighted by Gasteiger charge is -2.01. The number of aromatic carboxylic acids is 1. The maximum absolute atomic E-state index is 11.9. The van der Waals surface area contributed by atoms with E-state index in [1.165, 1.54) is 6.08 Å². The second-order valence-corrected chi connectivity index (χ2v) is 4.73. The average Bonchev–Trinajstić information content (AvgIpc) is 2.79. The first kappa shape index (κ1) is 14.6. The Labute approximate surface area is 122 Å². The minimum absolute atomic E-state index is 0.0230. The normalized spacial score (nSPS) is 10.8. The molecule has 0 bridgehead atoms. The van der Waals surface area contributed by atoms with Crippen LogP contribution < -0.4 is 5.32 Å². The molecule has 1 heterocycles. The number of aromatic amines is 1. The molecule has 1 aromatic heterocycles. The second-order valence-electron chi connectivity index (χ2n) is 4.73. The van der Waals surface area contributed by atoms with Gasteiger partial charge in [0.25, 0.3) is 0 Å². The summed E-state index contributed by atoms with van der Waals surface area (Å²) in [6, 6.07) is 9.26. The summed E-state index contributed by atoms with van der Waals surface area (Å²) in [5.41, 5.74) is 2.91.